The normalized spacial score (nSPS) is 17.1. The van der Waals surface area contributed by atoms with E-state index < -0.39 is 18.1 Å². The molecule has 0 unspecified atom stereocenters. The molecule has 0 aliphatic carbocycles. The Morgan fingerprint density at radius 2 is 1.35 bits per heavy atom. The summed E-state index contributed by atoms with van der Waals surface area (Å²) < 4.78 is 18.5. The minimum absolute atomic E-state index is 0.109. The molecule has 0 aromatic heterocycles. The van der Waals surface area contributed by atoms with Gasteiger partial charge in [-0.05, 0) is 98.9 Å². The fourth-order valence-corrected chi connectivity index (χ4v) is 7.53. The summed E-state index contributed by atoms with van der Waals surface area (Å²) in [6.45, 7) is 17.9. The smallest absolute Gasteiger partial charge is 0.408 e. The van der Waals surface area contributed by atoms with Crippen molar-refractivity contribution < 1.29 is 23.8 Å². The van der Waals surface area contributed by atoms with Crippen LogP contribution in [0.2, 0.25) is 0 Å². The molecule has 0 saturated carbocycles. The number of hydrogen-bond acceptors (Lipinski definition) is 5. The number of alkyl carbamates (subject to hydrolysis) is 1. The standard InChI is InChI=1S/C46H65NO5/c1-32(2)18-15-19-33(3)20-16-21-34(4)22-17-28-46(8)29-27-40-37(7)42(35(5)36(6)43(40)52-46)51-44(48)41(30-38-23-11-9-12-24-38)47-45(49)50-31-39-25-13-10-14-26-39/h9-14,23-26,32-34,41H,15-22,27-31H2,1-8H3,(H,47,49)/t33-,34-,41-,46-/m0/s1. The quantitative estimate of drug-likeness (QED) is 0.0990. The molecule has 3 aromatic rings. The van der Waals surface area contributed by atoms with E-state index in [1.165, 1.54) is 44.9 Å². The Morgan fingerprint density at radius 3 is 1.96 bits per heavy atom. The first-order valence-corrected chi connectivity index (χ1v) is 19.9. The predicted molar refractivity (Wildman–Crippen MR) is 212 cm³/mol. The minimum atomic E-state index is -0.930. The number of esters is 1. The van der Waals surface area contributed by atoms with Crippen LogP contribution < -0.4 is 14.8 Å². The zero-order valence-corrected chi connectivity index (χ0v) is 33.3. The van der Waals surface area contributed by atoms with Crippen LogP contribution in [0.3, 0.4) is 0 Å². The van der Waals surface area contributed by atoms with Crippen LogP contribution in [0.1, 0.15) is 132 Å². The summed E-state index contributed by atoms with van der Waals surface area (Å²) in [4.78, 5) is 26.7. The van der Waals surface area contributed by atoms with Gasteiger partial charge in [-0.25, -0.2) is 9.59 Å². The van der Waals surface area contributed by atoms with Crippen molar-refractivity contribution in [2.75, 3.05) is 0 Å². The lowest BCUT2D eigenvalue weighted by molar-refractivity contribution is -0.136. The number of benzene rings is 3. The van der Waals surface area contributed by atoms with Gasteiger partial charge < -0.3 is 19.5 Å². The van der Waals surface area contributed by atoms with Crippen molar-refractivity contribution in [3.8, 4) is 11.5 Å². The number of rotatable bonds is 19. The maximum atomic E-state index is 13.8. The molecule has 0 bridgehead atoms. The lowest BCUT2D eigenvalue weighted by Gasteiger charge is -2.38. The molecule has 0 spiro atoms. The highest BCUT2D eigenvalue weighted by Gasteiger charge is 2.35. The first-order valence-electron chi connectivity index (χ1n) is 19.9. The summed E-state index contributed by atoms with van der Waals surface area (Å²) in [6.07, 6.45) is 12.9. The third kappa shape index (κ3) is 12.4. The third-order valence-electron chi connectivity index (χ3n) is 11.1. The lowest BCUT2D eigenvalue weighted by Crippen LogP contribution is -2.45. The van der Waals surface area contributed by atoms with E-state index in [4.69, 9.17) is 14.2 Å². The van der Waals surface area contributed by atoms with Crippen molar-refractivity contribution in [3.05, 3.63) is 94.0 Å². The van der Waals surface area contributed by atoms with E-state index in [2.05, 4.69) is 46.9 Å². The van der Waals surface area contributed by atoms with Gasteiger partial charge in [-0.15, -0.1) is 0 Å². The Hall–Kier alpha value is -3.80. The van der Waals surface area contributed by atoms with Gasteiger partial charge in [0.1, 0.15) is 29.7 Å². The molecule has 1 aliphatic heterocycles. The number of amides is 1. The van der Waals surface area contributed by atoms with Gasteiger partial charge in [0, 0.05) is 12.0 Å². The van der Waals surface area contributed by atoms with Crippen LogP contribution in [-0.4, -0.2) is 23.7 Å². The Morgan fingerprint density at radius 1 is 0.769 bits per heavy atom. The maximum Gasteiger partial charge on any atom is 0.408 e. The molecule has 0 radical (unpaired) electrons. The molecule has 6 heteroatoms. The van der Waals surface area contributed by atoms with Crippen LogP contribution in [-0.2, 0) is 29.0 Å². The van der Waals surface area contributed by atoms with E-state index in [1.54, 1.807) is 0 Å². The molecule has 6 nitrogen and oxygen atoms in total. The Labute approximate surface area is 314 Å². The largest absolute Gasteiger partial charge is 0.487 e. The molecule has 3 aromatic carbocycles. The molecule has 52 heavy (non-hydrogen) atoms. The molecule has 1 heterocycles. The topological polar surface area (TPSA) is 73.9 Å². The molecule has 0 saturated heterocycles. The van der Waals surface area contributed by atoms with Gasteiger partial charge in [-0.2, -0.15) is 0 Å². The number of fused-ring (bicyclic) bond motifs is 1. The average Bonchev–Trinajstić information content (AvgIpc) is 3.12. The molecular formula is C46H65NO5. The number of nitrogens with one attached hydrogen (secondary N) is 1. The van der Waals surface area contributed by atoms with Crippen molar-refractivity contribution in [1.29, 1.82) is 0 Å². The number of carbonyl (C=O) groups excluding carboxylic acids is 2. The number of ether oxygens (including phenoxy) is 3. The highest BCUT2D eigenvalue weighted by molar-refractivity contribution is 5.84. The third-order valence-corrected chi connectivity index (χ3v) is 11.1. The van der Waals surface area contributed by atoms with Crippen molar-refractivity contribution >= 4 is 12.1 Å². The molecule has 4 rings (SSSR count). The van der Waals surface area contributed by atoms with Crippen LogP contribution >= 0.6 is 0 Å². The first kappa shape index (κ1) is 41.0. The SMILES string of the molecule is Cc1c(C)c2c(c(C)c1OC(=O)[C@H](Cc1ccccc1)NC(=O)OCc1ccccc1)CC[C@](C)(CCC[C@@H](C)CCC[C@@H](C)CCCC(C)C)O2. The van der Waals surface area contributed by atoms with E-state index in [0.717, 1.165) is 82.6 Å². The Kier molecular flexibility index (Phi) is 15.7. The summed E-state index contributed by atoms with van der Waals surface area (Å²) in [7, 11) is 0. The number of carbonyl (C=O) groups is 2. The summed E-state index contributed by atoms with van der Waals surface area (Å²) in [6, 6.07) is 18.2. The molecule has 0 fully saturated rings. The molecular weight excluding hydrogens is 647 g/mol. The lowest BCUT2D eigenvalue weighted by atomic mass is 9.83. The van der Waals surface area contributed by atoms with Gasteiger partial charge >= 0.3 is 12.1 Å². The monoisotopic (exact) mass is 711 g/mol. The van der Waals surface area contributed by atoms with E-state index in [1.807, 2.05) is 74.5 Å². The van der Waals surface area contributed by atoms with Gasteiger partial charge in [-0.1, -0.05) is 133 Å². The van der Waals surface area contributed by atoms with Crippen LogP contribution in [0.5, 0.6) is 11.5 Å². The van der Waals surface area contributed by atoms with Gasteiger partial charge in [0.15, 0.2) is 0 Å². The summed E-state index contributed by atoms with van der Waals surface area (Å²) >= 11 is 0. The van der Waals surface area contributed by atoms with Gasteiger partial charge in [0.05, 0.1) is 0 Å². The fourth-order valence-electron chi connectivity index (χ4n) is 7.53. The van der Waals surface area contributed by atoms with E-state index >= 15 is 0 Å². The molecule has 4 atom stereocenters. The predicted octanol–water partition coefficient (Wildman–Crippen LogP) is 11.6. The molecule has 284 valence electrons. The zero-order chi connectivity index (χ0) is 37.7. The second kappa shape index (κ2) is 19.9. The van der Waals surface area contributed by atoms with E-state index in [-0.39, 0.29) is 18.6 Å². The average molecular weight is 712 g/mol. The van der Waals surface area contributed by atoms with Crippen molar-refractivity contribution in [1.82, 2.24) is 5.32 Å². The highest BCUT2D eigenvalue weighted by Crippen LogP contribution is 2.45. The zero-order valence-electron chi connectivity index (χ0n) is 33.3. The summed E-state index contributed by atoms with van der Waals surface area (Å²) in [5.74, 6) is 3.34. The second-order valence-corrected chi connectivity index (χ2v) is 16.3. The van der Waals surface area contributed by atoms with Crippen molar-refractivity contribution in [2.45, 2.75) is 151 Å². The van der Waals surface area contributed by atoms with Crippen LogP contribution in [0.25, 0.3) is 0 Å². The van der Waals surface area contributed by atoms with Crippen molar-refractivity contribution in [2.24, 2.45) is 17.8 Å². The summed E-state index contributed by atoms with van der Waals surface area (Å²) in [5.41, 5.74) is 5.47. The van der Waals surface area contributed by atoms with Gasteiger partial charge in [0.25, 0.3) is 0 Å². The van der Waals surface area contributed by atoms with Gasteiger partial charge in [0.2, 0.25) is 0 Å². The number of hydrogen-bond donors (Lipinski definition) is 1. The Balaban J connectivity index is 1.35. The summed E-state index contributed by atoms with van der Waals surface area (Å²) in [5, 5.41) is 2.78. The van der Waals surface area contributed by atoms with Crippen LogP contribution in [0.4, 0.5) is 4.79 Å². The molecule has 1 amide bonds. The van der Waals surface area contributed by atoms with Crippen molar-refractivity contribution in [3.63, 3.8) is 0 Å². The molecule has 1 N–H and O–H groups in total. The Bertz CT molecular complexity index is 1570. The molecule has 1 aliphatic rings. The second-order valence-electron chi connectivity index (χ2n) is 16.3. The minimum Gasteiger partial charge on any atom is -0.487 e. The fraction of sp³-hybridized carbons (Fsp3) is 0.565. The van der Waals surface area contributed by atoms with Crippen LogP contribution in [0, 0.1) is 38.5 Å². The highest BCUT2D eigenvalue weighted by atomic mass is 16.6. The van der Waals surface area contributed by atoms with Gasteiger partial charge in [-0.3, -0.25) is 0 Å². The first-order chi connectivity index (χ1) is 24.8. The van der Waals surface area contributed by atoms with E-state index in [9.17, 15) is 9.59 Å². The maximum absolute atomic E-state index is 13.8. The van der Waals surface area contributed by atoms with E-state index in [0.29, 0.717) is 5.75 Å². The van der Waals surface area contributed by atoms with Crippen LogP contribution in [0.15, 0.2) is 60.7 Å².